The molecular formula is C16H15NO6S. The molecule has 0 aliphatic carbocycles. The molecule has 7 nitrogen and oxygen atoms in total. The lowest BCUT2D eigenvalue weighted by atomic mass is 10.1. The minimum Gasteiger partial charge on any atom is -0.478 e. The fourth-order valence-corrected chi connectivity index (χ4v) is 2.96. The number of carboxylic acids is 1. The van der Waals surface area contributed by atoms with Crippen LogP contribution in [0.5, 0.6) is 0 Å². The normalized spacial score (nSPS) is 17.2. The van der Waals surface area contributed by atoms with E-state index in [9.17, 15) is 19.2 Å². The molecule has 0 radical (unpaired) electrons. The van der Waals surface area contributed by atoms with Crippen LogP contribution in [0.4, 0.5) is 4.79 Å². The Hall–Kier alpha value is -2.61. The number of ether oxygens (including phenoxy) is 1. The lowest BCUT2D eigenvalue weighted by molar-refractivity contribution is -0.150. The molecule has 126 valence electrons. The van der Waals surface area contributed by atoms with E-state index < -0.39 is 29.1 Å². The SMILES string of the molecule is CCOC(=O)[C@H](C)N1C(=O)S/C(=C/c2ccc(C(=O)O)cc2)C1=O. The van der Waals surface area contributed by atoms with Crippen LogP contribution in [0, 0.1) is 0 Å². The van der Waals surface area contributed by atoms with Gasteiger partial charge in [0.2, 0.25) is 0 Å². The van der Waals surface area contributed by atoms with Gasteiger partial charge < -0.3 is 9.84 Å². The first-order valence-corrected chi connectivity index (χ1v) is 7.93. The highest BCUT2D eigenvalue weighted by Crippen LogP contribution is 2.33. The number of esters is 1. The van der Waals surface area contributed by atoms with Crippen LogP contribution in [0.2, 0.25) is 0 Å². The first-order valence-electron chi connectivity index (χ1n) is 7.12. The smallest absolute Gasteiger partial charge is 0.335 e. The van der Waals surface area contributed by atoms with Gasteiger partial charge in [0.05, 0.1) is 17.1 Å². The average molecular weight is 349 g/mol. The monoisotopic (exact) mass is 349 g/mol. The van der Waals surface area contributed by atoms with Gasteiger partial charge in [-0.25, -0.2) is 9.59 Å². The molecule has 1 atom stereocenters. The number of imide groups is 1. The predicted octanol–water partition coefficient (Wildman–Crippen LogP) is 2.37. The summed E-state index contributed by atoms with van der Waals surface area (Å²) < 4.78 is 4.83. The van der Waals surface area contributed by atoms with Gasteiger partial charge in [-0.15, -0.1) is 0 Å². The minimum absolute atomic E-state index is 0.121. The fraction of sp³-hybridized carbons (Fsp3) is 0.250. The van der Waals surface area contributed by atoms with E-state index in [1.807, 2.05) is 0 Å². The van der Waals surface area contributed by atoms with E-state index in [0.29, 0.717) is 5.56 Å². The van der Waals surface area contributed by atoms with Gasteiger partial charge in [-0.1, -0.05) is 12.1 Å². The zero-order chi connectivity index (χ0) is 17.9. The third-order valence-corrected chi connectivity index (χ3v) is 4.18. The summed E-state index contributed by atoms with van der Waals surface area (Å²) in [5, 5.41) is 8.31. The van der Waals surface area contributed by atoms with Gasteiger partial charge in [0, 0.05) is 0 Å². The van der Waals surface area contributed by atoms with E-state index in [0.717, 1.165) is 16.7 Å². The van der Waals surface area contributed by atoms with Gasteiger partial charge >= 0.3 is 11.9 Å². The van der Waals surface area contributed by atoms with E-state index in [-0.39, 0.29) is 17.1 Å². The van der Waals surface area contributed by atoms with Gasteiger partial charge in [0.1, 0.15) is 6.04 Å². The van der Waals surface area contributed by atoms with Crippen molar-refractivity contribution in [3.63, 3.8) is 0 Å². The number of thioether (sulfide) groups is 1. The third-order valence-electron chi connectivity index (χ3n) is 3.29. The van der Waals surface area contributed by atoms with Crippen LogP contribution in [0.3, 0.4) is 0 Å². The maximum absolute atomic E-state index is 12.4. The van der Waals surface area contributed by atoms with Gasteiger partial charge in [-0.05, 0) is 49.4 Å². The number of hydrogen-bond acceptors (Lipinski definition) is 6. The lowest BCUT2D eigenvalue weighted by Crippen LogP contribution is -2.42. The number of amides is 2. The number of aromatic carboxylic acids is 1. The standard InChI is InChI=1S/C16H15NO6S/c1-3-23-15(21)9(2)17-13(18)12(24-16(17)22)8-10-4-6-11(7-5-10)14(19)20/h4-9H,3H2,1-2H3,(H,19,20)/b12-8+/t9-/m0/s1. The summed E-state index contributed by atoms with van der Waals surface area (Å²) in [7, 11) is 0. The number of nitrogens with zero attached hydrogens (tertiary/aromatic N) is 1. The molecule has 24 heavy (non-hydrogen) atoms. The Balaban J connectivity index is 2.21. The van der Waals surface area contributed by atoms with Crippen molar-refractivity contribution >= 4 is 40.9 Å². The zero-order valence-electron chi connectivity index (χ0n) is 13.0. The Morgan fingerprint density at radius 2 is 1.92 bits per heavy atom. The number of carbonyl (C=O) groups is 4. The van der Waals surface area contributed by atoms with Gasteiger partial charge in [-0.2, -0.15) is 0 Å². The molecule has 1 heterocycles. The fourth-order valence-electron chi connectivity index (χ4n) is 2.06. The molecule has 0 aromatic heterocycles. The number of carbonyl (C=O) groups excluding carboxylic acids is 3. The summed E-state index contributed by atoms with van der Waals surface area (Å²) in [6, 6.07) is 4.87. The number of benzene rings is 1. The van der Waals surface area contributed by atoms with Crippen LogP contribution < -0.4 is 0 Å². The largest absolute Gasteiger partial charge is 0.478 e. The van der Waals surface area contributed by atoms with Crippen LogP contribution in [0.1, 0.15) is 29.8 Å². The predicted molar refractivity (Wildman–Crippen MR) is 87.3 cm³/mol. The van der Waals surface area contributed by atoms with E-state index in [2.05, 4.69) is 0 Å². The molecule has 1 aliphatic heterocycles. The first kappa shape index (κ1) is 17.7. The second-order valence-corrected chi connectivity index (χ2v) is 5.90. The highest BCUT2D eigenvalue weighted by atomic mass is 32.2. The van der Waals surface area contributed by atoms with Crippen LogP contribution >= 0.6 is 11.8 Å². The molecule has 1 aliphatic rings. The van der Waals surface area contributed by atoms with E-state index >= 15 is 0 Å². The van der Waals surface area contributed by atoms with Crippen molar-refractivity contribution in [3.8, 4) is 0 Å². The minimum atomic E-state index is -1.05. The number of hydrogen-bond donors (Lipinski definition) is 1. The molecule has 1 fully saturated rings. The Morgan fingerprint density at radius 3 is 2.46 bits per heavy atom. The lowest BCUT2D eigenvalue weighted by Gasteiger charge is -2.19. The molecule has 1 N–H and O–H groups in total. The summed E-state index contributed by atoms with van der Waals surface area (Å²) in [6.07, 6.45) is 1.48. The summed E-state index contributed by atoms with van der Waals surface area (Å²) in [4.78, 5) is 48.0. The first-order chi connectivity index (χ1) is 11.3. The second kappa shape index (κ2) is 7.31. The molecule has 2 rings (SSSR count). The molecule has 8 heteroatoms. The van der Waals surface area contributed by atoms with Crippen molar-refractivity contribution in [2.75, 3.05) is 6.61 Å². The highest BCUT2D eigenvalue weighted by molar-refractivity contribution is 8.18. The number of rotatable bonds is 5. The maximum Gasteiger partial charge on any atom is 0.335 e. The van der Waals surface area contributed by atoms with E-state index in [1.54, 1.807) is 6.92 Å². The van der Waals surface area contributed by atoms with Crippen molar-refractivity contribution < 1.29 is 29.0 Å². The van der Waals surface area contributed by atoms with Crippen molar-refractivity contribution in [1.29, 1.82) is 0 Å². The Morgan fingerprint density at radius 1 is 1.29 bits per heavy atom. The van der Waals surface area contributed by atoms with Crippen molar-refractivity contribution in [1.82, 2.24) is 4.90 Å². The quantitative estimate of drug-likeness (QED) is 0.643. The molecule has 1 aromatic rings. The third kappa shape index (κ3) is 3.65. The molecule has 2 amide bonds. The molecule has 0 bridgehead atoms. The summed E-state index contributed by atoms with van der Waals surface area (Å²) in [6.45, 7) is 3.23. The Kier molecular flexibility index (Phi) is 5.40. The van der Waals surface area contributed by atoms with Crippen LogP contribution in [0.25, 0.3) is 6.08 Å². The second-order valence-electron chi connectivity index (χ2n) is 4.91. The van der Waals surface area contributed by atoms with Crippen molar-refractivity contribution in [3.05, 3.63) is 40.3 Å². The molecule has 0 saturated carbocycles. The van der Waals surface area contributed by atoms with Gasteiger partial charge in [0.15, 0.2) is 0 Å². The molecule has 1 saturated heterocycles. The highest BCUT2D eigenvalue weighted by Gasteiger charge is 2.41. The van der Waals surface area contributed by atoms with E-state index in [4.69, 9.17) is 9.84 Å². The van der Waals surface area contributed by atoms with Crippen LogP contribution in [-0.2, 0) is 14.3 Å². The van der Waals surface area contributed by atoms with E-state index in [1.165, 1.54) is 37.3 Å². The van der Waals surface area contributed by atoms with Crippen LogP contribution in [0.15, 0.2) is 29.2 Å². The van der Waals surface area contributed by atoms with Gasteiger partial charge in [0.25, 0.3) is 11.1 Å². The molecule has 0 unspecified atom stereocenters. The summed E-state index contributed by atoms with van der Waals surface area (Å²) >= 11 is 0.725. The van der Waals surface area contributed by atoms with Crippen molar-refractivity contribution in [2.45, 2.75) is 19.9 Å². The molecule has 1 aromatic carbocycles. The molecular weight excluding hydrogens is 334 g/mol. The number of carboxylic acid groups (broad SMARTS) is 1. The topological polar surface area (TPSA) is 101 Å². The Labute approximate surface area is 142 Å². The van der Waals surface area contributed by atoms with Crippen molar-refractivity contribution in [2.24, 2.45) is 0 Å². The average Bonchev–Trinajstić information content (AvgIpc) is 2.81. The maximum atomic E-state index is 12.4. The summed E-state index contributed by atoms with van der Waals surface area (Å²) in [5.74, 6) is -2.27. The summed E-state index contributed by atoms with van der Waals surface area (Å²) in [5.41, 5.74) is 0.700. The molecule has 0 spiro atoms. The Bertz CT molecular complexity index is 725. The van der Waals surface area contributed by atoms with Crippen LogP contribution in [-0.4, -0.2) is 45.7 Å². The zero-order valence-corrected chi connectivity index (χ0v) is 13.8. The van der Waals surface area contributed by atoms with Gasteiger partial charge in [-0.3, -0.25) is 14.5 Å².